The Bertz CT molecular complexity index is 756. The van der Waals surface area contributed by atoms with E-state index in [0.29, 0.717) is 31.0 Å². The van der Waals surface area contributed by atoms with Gasteiger partial charge in [0.2, 0.25) is 0 Å². The first-order chi connectivity index (χ1) is 13.6. The molecule has 0 aromatic carbocycles. The van der Waals surface area contributed by atoms with Crippen molar-refractivity contribution in [1.82, 2.24) is 20.4 Å². The molecule has 2 heterocycles. The van der Waals surface area contributed by atoms with Crippen molar-refractivity contribution in [2.24, 2.45) is 0 Å². The molecule has 8 nitrogen and oxygen atoms in total. The summed E-state index contributed by atoms with van der Waals surface area (Å²) >= 11 is 8.75. The van der Waals surface area contributed by atoms with Crippen molar-refractivity contribution in [2.75, 3.05) is 30.3 Å². The van der Waals surface area contributed by atoms with Crippen LogP contribution in [0.2, 0.25) is 0 Å². The van der Waals surface area contributed by atoms with Crippen LogP contribution in [0, 0.1) is 0 Å². The summed E-state index contributed by atoms with van der Waals surface area (Å²) in [6.45, 7) is 2.17. The highest BCUT2D eigenvalue weighted by molar-refractivity contribution is 8.03. The summed E-state index contributed by atoms with van der Waals surface area (Å²) in [7, 11) is 0. The number of thioether (sulfide) groups is 4. The van der Waals surface area contributed by atoms with E-state index in [0.717, 1.165) is 17.4 Å². The van der Waals surface area contributed by atoms with E-state index in [-0.39, 0.29) is 17.9 Å². The average molecular weight is 499 g/mol. The molecular weight excluding hydrogens is 481 g/mol. The molecule has 0 atom stereocenters. The summed E-state index contributed by atoms with van der Waals surface area (Å²) in [5.74, 6) is 0.920. The van der Waals surface area contributed by atoms with Crippen molar-refractivity contribution in [3.8, 4) is 0 Å². The molecule has 0 bridgehead atoms. The van der Waals surface area contributed by atoms with Gasteiger partial charge in [0, 0.05) is 11.5 Å². The number of ether oxygens (including phenoxy) is 2. The highest BCUT2D eigenvalue weighted by Crippen LogP contribution is 2.30. The van der Waals surface area contributed by atoms with Gasteiger partial charge in [-0.15, -0.1) is 20.4 Å². The molecule has 0 fully saturated rings. The molecule has 0 radical (unpaired) electrons. The average Bonchev–Trinajstić information content (AvgIpc) is 3.31. The van der Waals surface area contributed by atoms with Gasteiger partial charge in [-0.2, -0.15) is 0 Å². The lowest BCUT2D eigenvalue weighted by molar-refractivity contribution is -0.142. The Morgan fingerprint density at radius 1 is 0.821 bits per heavy atom. The predicted molar refractivity (Wildman–Crippen MR) is 116 cm³/mol. The fraction of sp³-hybridized carbons (Fsp3) is 0.571. The molecule has 0 aliphatic heterocycles. The second-order valence-electron chi connectivity index (χ2n) is 4.65. The first-order valence-electron chi connectivity index (χ1n) is 8.01. The lowest BCUT2D eigenvalue weighted by Gasteiger charge is -2.01. The Morgan fingerprint density at radius 3 is 1.86 bits per heavy atom. The monoisotopic (exact) mass is 498 g/mol. The van der Waals surface area contributed by atoms with Crippen LogP contribution in [0.25, 0.3) is 0 Å². The van der Waals surface area contributed by atoms with E-state index in [4.69, 9.17) is 9.47 Å². The number of hydrogen-bond donors (Lipinski definition) is 0. The molecule has 0 unspecified atom stereocenters. The second-order valence-corrected chi connectivity index (χ2v) is 11.5. The molecule has 14 heteroatoms. The molecule has 0 amide bonds. The quantitative estimate of drug-likeness (QED) is 0.227. The van der Waals surface area contributed by atoms with Crippen LogP contribution in [0.5, 0.6) is 0 Å². The van der Waals surface area contributed by atoms with Gasteiger partial charge >= 0.3 is 11.9 Å². The minimum Gasteiger partial charge on any atom is -0.466 e. The predicted octanol–water partition coefficient (Wildman–Crippen LogP) is 3.93. The lowest BCUT2D eigenvalue weighted by atomic mass is 10.5. The SMILES string of the molecule is CCOC(=O)CCSc1nnc(SCOC(=O)CCSc2nnc(SC)s2)s1. The molecule has 0 N–H and O–H groups in total. The van der Waals surface area contributed by atoms with Crippen LogP contribution in [-0.2, 0) is 19.1 Å². The molecule has 0 spiro atoms. The largest absolute Gasteiger partial charge is 0.466 e. The zero-order chi connectivity index (χ0) is 20.2. The molecule has 28 heavy (non-hydrogen) atoms. The molecule has 0 aliphatic carbocycles. The first-order valence-corrected chi connectivity index (χ1v) is 13.8. The molecule has 0 saturated heterocycles. The Labute approximate surface area is 187 Å². The van der Waals surface area contributed by atoms with Crippen LogP contribution in [0.3, 0.4) is 0 Å². The zero-order valence-electron chi connectivity index (χ0n) is 15.1. The van der Waals surface area contributed by atoms with Crippen molar-refractivity contribution in [2.45, 2.75) is 37.1 Å². The minimum atomic E-state index is -0.261. The molecule has 0 saturated carbocycles. The smallest absolute Gasteiger partial charge is 0.307 e. The second kappa shape index (κ2) is 13.6. The van der Waals surface area contributed by atoms with Gasteiger partial charge in [0.15, 0.2) is 17.4 Å². The minimum absolute atomic E-state index is 0.195. The summed E-state index contributed by atoms with van der Waals surface area (Å²) in [5.41, 5.74) is 0. The Morgan fingerprint density at radius 2 is 1.32 bits per heavy atom. The first kappa shape index (κ1) is 23.7. The Balaban J connectivity index is 1.56. The molecule has 2 aromatic heterocycles. The highest BCUT2D eigenvalue weighted by Gasteiger charge is 2.10. The number of rotatable bonds is 13. The summed E-state index contributed by atoms with van der Waals surface area (Å²) in [6.07, 6.45) is 2.60. The molecule has 0 aliphatic rings. The van der Waals surface area contributed by atoms with Gasteiger partial charge in [0.05, 0.1) is 19.4 Å². The maximum atomic E-state index is 11.8. The molecule has 2 aromatic rings. The number of carbonyl (C=O) groups is 2. The van der Waals surface area contributed by atoms with Crippen molar-refractivity contribution < 1.29 is 19.1 Å². The van der Waals surface area contributed by atoms with Crippen LogP contribution in [0.4, 0.5) is 0 Å². The fourth-order valence-corrected chi connectivity index (χ4v) is 6.72. The lowest BCUT2D eigenvalue weighted by Crippen LogP contribution is -2.04. The zero-order valence-corrected chi connectivity index (χ0v) is 20.0. The van der Waals surface area contributed by atoms with Gasteiger partial charge < -0.3 is 9.47 Å². The van der Waals surface area contributed by atoms with Crippen LogP contribution in [0.15, 0.2) is 17.4 Å². The maximum absolute atomic E-state index is 11.8. The molecule has 2 rings (SSSR count). The van der Waals surface area contributed by atoms with Crippen LogP contribution < -0.4 is 0 Å². The number of nitrogens with zero attached hydrogens (tertiary/aromatic N) is 4. The fourth-order valence-electron chi connectivity index (χ4n) is 1.55. The molecule has 154 valence electrons. The standard InChI is InChI=1S/C14H18N4O4S6/c1-3-21-9(19)4-6-25-13-17-18-14(28-13)26-8-22-10(20)5-7-24-12-16-15-11(23-2)27-12/h3-8H2,1-2H3. The van der Waals surface area contributed by atoms with Gasteiger partial charge in [-0.1, -0.05) is 69.7 Å². The third-order valence-electron chi connectivity index (χ3n) is 2.72. The third-order valence-corrected chi connectivity index (χ3v) is 8.78. The van der Waals surface area contributed by atoms with E-state index in [1.807, 2.05) is 6.26 Å². The van der Waals surface area contributed by atoms with Crippen LogP contribution in [-0.4, -0.2) is 62.6 Å². The van der Waals surface area contributed by atoms with E-state index in [1.54, 1.807) is 18.7 Å². The van der Waals surface area contributed by atoms with Gasteiger partial charge in [0.1, 0.15) is 5.94 Å². The van der Waals surface area contributed by atoms with Crippen molar-refractivity contribution >= 4 is 81.7 Å². The number of aromatic nitrogens is 4. The topological polar surface area (TPSA) is 104 Å². The van der Waals surface area contributed by atoms with Gasteiger partial charge in [-0.05, 0) is 13.2 Å². The maximum Gasteiger partial charge on any atom is 0.307 e. The van der Waals surface area contributed by atoms with Gasteiger partial charge in [-0.3, -0.25) is 9.59 Å². The van der Waals surface area contributed by atoms with Crippen molar-refractivity contribution in [3.63, 3.8) is 0 Å². The third kappa shape index (κ3) is 9.31. The number of esters is 2. The van der Waals surface area contributed by atoms with Gasteiger partial charge in [0.25, 0.3) is 0 Å². The van der Waals surface area contributed by atoms with Crippen LogP contribution in [0.1, 0.15) is 19.8 Å². The van der Waals surface area contributed by atoms with E-state index in [2.05, 4.69) is 20.4 Å². The summed E-state index contributed by atoms with van der Waals surface area (Å²) < 4.78 is 13.3. The summed E-state index contributed by atoms with van der Waals surface area (Å²) in [4.78, 5) is 23.1. The van der Waals surface area contributed by atoms with E-state index < -0.39 is 0 Å². The van der Waals surface area contributed by atoms with Crippen molar-refractivity contribution in [1.29, 1.82) is 0 Å². The van der Waals surface area contributed by atoms with E-state index >= 15 is 0 Å². The summed E-state index contributed by atoms with van der Waals surface area (Å²) in [6, 6.07) is 0. The van der Waals surface area contributed by atoms with Gasteiger partial charge in [-0.25, -0.2) is 0 Å². The number of hydrogen-bond acceptors (Lipinski definition) is 14. The number of carbonyl (C=O) groups excluding carboxylic acids is 2. The van der Waals surface area contributed by atoms with E-state index in [1.165, 1.54) is 58.0 Å². The Hall–Kier alpha value is -0.540. The summed E-state index contributed by atoms with van der Waals surface area (Å²) in [5, 5.41) is 16.1. The van der Waals surface area contributed by atoms with E-state index in [9.17, 15) is 9.59 Å². The van der Waals surface area contributed by atoms with Crippen molar-refractivity contribution in [3.05, 3.63) is 0 Å². The highest BCUT2D eigenvalue weighted by atomic mass is 32.2. The Kier molecular flexibility index (Phi) is 11.6. The van der Waals surface area contributed by atoms with Crippen LogP contribution >= 0.6 is 69.7 Å². The molecular formula is C14H18N4O4S6. The normalized spacial score (nSPS) is 10.8.